The first-order valence-corrected chi connectivity index (χ1v) is 10.6. The standard InChI is InChI=1S/C17H23N3O4S2/c1-18(2)14-6-10-16(11-7-14)25(21,22)20(5)26(23,24)17-12-8-15(9-13-17)19(3)4/h6-13H,1-5H3. The van der Waals surface area contributed by atoms with E-state index in [1.54, 1.807) is 24.3 Å². The Hall–Kier alpha value is -2.10. The zero-order valence-electron chi connectivity index (χ0n) is 15.4. The summed E-state index contributed by atoms with van der Waals surface area (Å²) in [7, 11) is -0.0252. The summed E-state index contributed by atoms with van der Waals surface area (Å²) in [5.74, 6) is 0. The van der Waals surface area contributed by atoms with Crippen LogP contribution in [0.1, 0.15) is 0 Å². The Balaban J connectivity index is 2.39. The minimum Gasteiger partial charge on any atom is -0.378 e. The van der Waals surface area contributed by atoms with Crippen molar-refractivity contribution in [2.24, 2.45) is 0 Å². The monoisotopic (exact) mass is 397 g/mol. The van der Waals surface area contributed by atoms with Crippen LogP contribution in [-0.2, 0) is 20.0 Å². The third-order valence-electron chi connectivity index (χ3n) is 3.98. The Kier molecular flexibility index (Phi) is 5.64. The fraction of sp³-hybridized carbons (Fsp3) is 0.294. The number of sulfonamides is 2. The second-order valence-corrected chi connectivity index (χ2v) is 10.3. The molecule has 0 saturated carbocycles. The molecular formula is C17H23N3O4S2. The van der Waals surface area contributed by atoms with Gasteiger partial charge < -0.3 is 9.80 Å². The van der Waals surface area contributed by atoms with E-state index in [1.807, 2.05) is 38.0 Å². The zero-order chi connectivity index (χ0) is 19.7. The molecule has 0 amide bonds. The fourth-order valence-electron chi connectivity index (χ4n) is 2.26. The van der Waals surface area contributed by atoms with Crippen molar-refractivity contribution in [3.8, 4) is 0 Å². The minimum atomic E-state index is -4.20. The maximum Gasteiger partial charge on any atom is 0.256 e. The summed E-state index contributed by atoms with van der Waals surface area (Å²) in [6.45, 7) is 0. The average molecular weight is 398 g/mol. The van der Waals surface area contributed by atoms with Crippen LogP contribution in [0.5, 0.6) is 0 Å². The van der Waals surface area contributed by atoms with Crippen molar-refractivity contribution in [2.75, 3.05) is 45.0 Å². The van der Waals surface area contributed by atoms with Gasteiger partial charge in [0.2, 0.25) is 0 Å². The lowest BCUT2D eigenvalue weighted by molar-refractivity contribution is 0.526. The van der Waals surface area contributed by atoms with Crippen molar-refractivity contribution < 1.29 is 16.8 Å². The van der Waals surface area contributed by atoms with Gasteiger partial charge in [-0.25, -0.2) is 16.8 Å². The van der Waals surface area contributed by atoms with Gasteiger partial charge in [0, 0.05) is 46.6 Å². The lowest BCUT2D eigenvalue weighted by atomic mass is 10.3. The topological polar surface area (TPSA) is 78.0 Å². The highest BCUT2D eigenvalue weighted by Gasteiger charge is 2.33. The molecule has 142 valence electrons. The summed E-state index contributed by atoms with van der Waals surface area (Å²) in [5, 5.41) is 0. The number of rotatable bonds is 6. The molecule has 0 heterocycles. The van der Waals surface area contributed by atoms with E-state index in [2.05, 4.69) is 0 Å². The molecular weight excluding hydrogens is 374 g/mol. The first kappa shape index (κ1) is 20.2. The molecule has 0 aliphatic carbocycles. The number of anilines is 2. The molecule has 2 aromatic carbocycles. The van der Waals surface area contributed by atoms with Gasteiger partial charge in [0.15, 0.2) is 0 Å². The molecule has 0 saturated heterocycles. The van der Waals surface area contributed by atoms with Crippen LogP contribution in [0.3, 0.4) is 0 Å². The first-order valence-electron chi connectivity index (χ1n) is 7.77. The quantitative estimate of drug-likeness (QED) is 0.740. The van der Waals surface area contributed by atoms with Crippen molar-refractivity contribution in [1.82, 2.24) is 3.71 Å². The van der Waals surface area contributed by atoms with E-state index in [4.69, 9.17) is 0 Å². The number of nitrogens with zero attached hydrogens (tertiary/aromatic N) is 3. The van der Waals surface area contributed by atoms with Gasteiger partial charge in [-0.3, -0.25) is 0 Å². The summed E-state index contributed by atoms with van der Waals surface area (Å²) in [5.41, 5.74) is 1.63. The molecule has 2 rings (SSSR count). The Morgan fingerprint density at radius 2 is 0.808 bits per heavy atom. The van der Waals surface area contributed by atoms with E-state index in [-0.39, 0.29) is 9.79 Å². The lowest BCUT2D eigenvalue weighted by Gasteiger charge is -2.19. The van der Waals surface area contributed by atoms with Crippen molar-refractivity contribution >= 4 is 31.4 Å². The summed E-state index contributed by atoms with van der Waals surface area (Å²) in [6.07, 6.45) is 0. The first-order chi connectivity index (χ1) is 12.0. The van der Waals surface area contributed by atoms with Crippen molar-refractivity contribution in [3.05, 3.63) is 48.5 Å². The van der Waals surface area contributed by atoms with Gasteiger partial charge in [-0.05, 0) is 48.5 Å². The fourth-order valence-corrected chi connectivity index (χ4v) is 5.36. The number of hydrogen-bond acceptors (Lipinski definition) is 6. The van der Waals surface area contributed by atoms with Crippen molar-refractivity contribution in [1.29, 1.82) is 0 Å². The molecule has 0 unspecified atom stereocenters. The van der Waals surface area contributed by atoms with Crippen LogP contribution in [0.25, 0.3) is 0 Å². The van der Waals surface area contributed by atoms with Crippen LogP contribution in [0.15, 0.2) is 58.3 Å². The molecule has 7 nitrogen and oxygen atoms in total. The van der Waals surface area contributed by atoms with Crippen LogP contribution in [0.2, 0.25) is 0 Å². The van der Waals surface area contributed by atoms with Gasteiger partial charge in [-0.15, -0.1) is 0 Å². The van der Waals surface area contributed by atoms with Crippen LogP contribution in [0.4, 0.5) is 11.4 Å². The van der Waals surface area contributed by atoms with Gasteiger partial charge in [0.25, 0.3) is 20.0 Å². The Bertz CT molecular complexity index is 884. The van der Waals surface area contributed by atoms with Crippen LogP contribution in [-0.4, -0.2) is 55.8 Å². The molecule has 0 bridgehead atoms. The lowest BCUT2D eigenvalue weighted by Crippen LogP contribution is -2.33. The van der Waals surface area contributed by atoms with Crippen LogP contribution >= 0.6 is 0 Å². The summed E-state index contributed by atoms with van der Waals surface area (Å²) >= 11 is 0. The largest absolute Gasteiger partial charge is 0.378 e. The molecule has 0 atom stereocenters. The minimum absolute atomic E-state index is 0.0842. The van der Waals surface area contributed by atoms with E-state index in [0.717, 1.165) is 18.4 Å². The van der Waals surface area contributed by atoms with Gasteiger partial charge in [-0.1, -0.05) is 3.71 Å². The average Bonchev–Trinajstić information content (AvgIpc) is 2.61. The van der Waals surface area contributed by atoms with E-state index in [1.165, 1.54) is 24.3 Å². The predicted octanol–water partition coefficient (Wildman–Crippen LogP) is 1.83. The molecule has 2 aromatic rings. The van der Waals surface area contributed by atoms with Gasteiger partial charge in [0.05, 0.1) is 9.79 Å². The van der Waals surface area contributed by atoms with Gasteiger partial charge in [0.1, 0.15) is 0 Å². The molecule has 0 N–H and O–H groups in total. The molecule has 0 radical (unpaired) electrons. The second-order valence-electron chi connectivity index (χ2n) is 6.17. The van der Waals surface area contributed by atoms with E-state index in [0.29, 0.717) is 3.71 Å². The Morgan fingerprint density at radius 3 is 1.04 bits per heavy atom. The normalized spacial score (nSPS) is 12.2. The predicted molar refractivity (Wildman–Crippen MR) is 104 cm³/mol. The second kappa shape index (κ2) is 7.26. The molecule has 0 spiro atoms. The Labute approximate surface area is 155 Å². The van der Waals surface area contributed by atoms with Crippen LogP contribution in [0, 0.1) is 0 Å². The summed E-state index contributed by atoms with van der Waals surface area (Å²) < 4.78 is 51.3. The number of hydrogen-bond donors (Lipinski definition) is 0. The Morgan fingerprint density at radius 1 is 0.538 bits per heavy atom. The molecule has 0 aliphatic rings. The summed E-state index contributed by atoms with van der Waals surface area (Å²) in [4.78, 5) is 3.48. The highest BCUT2D eigenvalue weighted by Crippen LogP contribution is 2.25. The van der Waals surface area contributed by atoms with Crippen molar-refractivity contribution in [3.63, 3.8) is 0 Å². The molecule has 0 aliphatic heterocycles. The third-order valence-corrected chi connectivity index (χ3v) is 8.25. The highest BCUT2D eigenvalue weighted by molar-refractivity contribution is 8.04. The third kappa shape index (κ3) is 3.84. The smallest absolute Gasteiger partial charge is 0.256 e. The molecule has 26 heavy (non-hydrogen) atoms. The van der Waals surface area contributed by atoms with Gasteiger partial charge >= 0.3 is 0 Å². The SMILES string of the molecule is CN(C)c1ccc(S(=O)(=O)N(C)S(=O)(=O)c2ccc(N(C)C)cc2)cc1. The molecule has 0 aromatic heterocycles. The zero-order valence-corrected chi connectivity index (χ0v) is 17.0. The maximum absolute atomic E-state index is 12.7. The summed E-state index contributed by atoms with van der Waals surface area (Å²) in [6, 6.07) is 12.1. The van der Waals surface area contributed by atoms with Crippen LogP contribution < -0.4 is 9.80 Å². The maximum atomic E-state index is 12.7. The van der Waals surface area contributed by atoms with E-state index >= 15 is 0 Å². The van der Waals surface area contributed by atoms with Crippen molar-refractivity contribution in [2.45, 2.75) is 9.79 Å². The molecule has 0 fully saturated rings. The van der Waals surface area contributed by atoms with E-state index < -0.39 is 20.0 Å². The number of benzene rings is 2. The highest BCUT2D eigenvalue weighted by atomic mass is 32.3. The molecule has 9 heteroatoms. The van der Waals surface area contributed by atoms with Gasteiger partial charge in [-0.2, -0.15) is 0 Å². The van der Waals surface area contributed by atoms with E-state index in [9.17, 15) is 16.8 Å².